The molecule has 7 heteroatoms. The van der Waals surface area contributed by atoms with Gasteiger partial charge in [-0.3, -0.25) is 4.79 Å². The summed E-state index contributed by atoms with van der Waals surface area (Å²) >= 11 is 1.26. The Hall–Kier alpha value is -2.02. The van der Waals surface area contributed by atoms with Gasteiger partial charge in [0.05, 0.1) is 17.0 Å². The fraction of sp³-hybridized carbons (Fsp3) is 0.278. The van der Waals surface area contributed by atoms with Gasteiger partial charge in [0.15, 0.2) is 0 Å². The molecule has 0 bridgehead atoms. The molecule has 0 aliphatic heterocycles. The van der Waals surface area contributed by atoms with E-state index in [0.29, 0.717) is 6.07 Å². The molecule has 0 unspecified atom stereocenters. The highest BCUT2D eigenvalue weighted by atomic mass is 32.2. The smallest absolute Gasteiger partial charge is 0.325 e. The molecule has 0 atom stereocenters. The van der Waals surface area contributed by atoms with Crippen molar-refractivity contribution >= 4 is 23.4 Å². The molecular formula is C18H15F4NOS. The molecule has 2 aromatic rings. The number of hydrogen-bond acceptors (Lipinski definition) is 2. The predicted molar refractivity (Wildman–Crippen MR) is 89.2 cm³/mol. The van der Waals surface area contributed by atoms with Crippen LogP contribution in [-0.2, 0) is 23.8 Å². The maximum absolute atomic E-state index is 13.1. The van der Waals surface area contributed by atoms with E-state index in [4.69, 9.17) is 0 Å². The molecule has 0 spiro atoms. The summed E-state index contributed by atoms with van der Waals surface area (Å²) in [6, 6.07) is 8.17. The average molecular weight is 369 g/mol. The Morgan fingerprint density at radius 1 is 1.08 bits per heavy atom. The first kappa shape index (κ1) is 17.8. The fourth-order valence-corrected chi connectivity index (χ4v) is 3.59. The van der Waals surface area contributed by atoms with Gasteiger partial charge in [0.1, 0.15) is 5.82 Å². The maximum Gasteiger partial charge on any atom is 0.418 e. The molecule has 0 saturated carbocycles. The van der Waals surface area contributed by atoms with Crippen LogP contribution < -0.4 is 5.32 Å². The number of nitrogens with one attached hydrogen (secondary N) is 1. The summed E-state index contributed by atoms with van der Waals surface area (Å²) < 4.78 is 51.9. The molecule has 132 valence electrons. The average Bonchev–Trinajstić information content (AvgIpc) is 3.01. The Balaban J connectivity index is 1.65. The molecule has 3 rings (SSSR count). The van der Waals surface area contributed by atoms with Gasteiger partial charge >= 0.3 is 6.18 Å². The van der Waals surface area contributed by atoms with Crippen LogP contribution in [0.15, 0.2) is 41.3 Å². The molecule has 25 heavy (non-hydrogen) atoms. The Morgan fingerprint density at radius 3 is 2.60 bits per heavy atom. The van der Waals surface area contributed by atoms with E-state index in [0.717, 1.165) is 36.3 Å². The third-order valence-electron chi connectivity index (χ3n) is 4.00. The normalized spacial score (nSPS) is 13.6. The minimum atomic E-state index is -4.74. The number of fused-ring (bicyclic) bond motifs is 1. The molecule has 0 saturated heterocycles. The molecule has 1 aliphatic carbocycles. The summed E-state index contributed by atoms with van der Waals surface area (Å²) in [6.45, 7) is 0. The van der Waals surface area contributed by atoms with Crippen molar-refractivity contribution in [1.29, 1.82) is 0 Å². The minimum Gasteiger partial charge on any atom is -0.325 e. The van der Waals surface area contributed by atoms with E-state index in [1.165, 1.54) is 22.9 Å². The third kappa shape index (κ3) is 4.34. The number of carbonyl (C=O) groups excluding carboxylic acids is 1. The van der Waals surface area contributed by atoms with Crippen molar-refractivity contribution in [3.63, 3.8) is 0 Å². The largest absolute Gasteiger partial charge is 0.418 e. The van der Waals surface area contributed by atoms with Crippen molar-refractivity contribution in [2.24, 2.45) is 0 Å². The number of thioether (sulfide) groups is 1. The Morgan fingerprint density at radius 2 is 1.84 bits per heavy atom. The van der Waals surface area contributed by atoms with E-state index in [1.807, 2.05) is 18.2 Å². The van der Waals surface area contributed by atoms with Gasteiger partial charge in [-0.25, -0.2) is 4.39 Å². The lowest BCUT2D eigenvalue weighted by atomic mass is 10.1. The summed E-state index contributed by atoms with van der Waals surface area (Å²) in [7, 11) is 0. The van der Waals surface area contributed by atoms with Crippen molar-refractivity contribution in [2.75, 3.05) is 11.1 Å². The number of aryl methyl sites for hydroxylation is 2. The van der Waals surface area contributed by atoms with Crippen molar-refractivity contribution in [1.82, 2.24) is 0 Å². The van der Waals surface area contributed by atoms with E-state index in [-0.39, 0.29) is 5.75 Å². The number of rotatable bonds is 4. The molecule has 0 heterocycles. The molecule has 1 amide bonds. The van der Waals surface area contributed by atoms with Gasteiger partial charge < -0.3 is 5.32 Å². The van der Waals surface area contributed by atoms with Gasteiger partial charge in [0.25, 0.3) is 0 Å². The first-order valence-electron chi connectivity index (χ1n) is 7.74. The Kier molecular flexibility index (Phi) is 5.03. The van der Waals surface area contributed by atoms with E-state index in [9.17, 15) is 22.4 Å². The fourth-order valence-electron chi connectivity index (χ4n) is 2.83. The number of anilines is 1. The van der Waals surface area contributed by atoms with Crippen LogP contribution in [0.25, 0.3) is 0 Å². The molecule has 2 aromatic carbocycles. The van der Waals surface area contributed by atoms with Crippen LogP contribution in [0.2, 0.25) is 0 Å². The van der Waals surface area contributed by atoms with E-state index in [1.54, 1.807) is 0 Å². The molecule has 0 fully saturated rings. The zero-order valence-electron chi connectivity index (χ0n) is 13.1. The molecule has 0 aromatic heterocycles. The van der Waals surface area contributed by atoms with E-state index < -0.39 is 29.2 Å². The van der Waals surface area contributed by atoms with Crippen LogP contribution in [0.3, 0.4) is 0 Å². The molecule has 1 aliphatic rings. The zero-order valence-corrected chi connectivity index (χ0v) is 13.9. The van der Waals surface area contributed by atoms with Crippen LogP contribution in [0.5, 0.6) is 0 Å². The van der Waals surface area contributed by atoms with Gasteiger partial charge in [-0.15, -0.1) is 11.8 Å². The number of halogens is 4. The molecule has 1 N–H and O–H groups in total. The second-order valence-corrected chi connectivity index (χ2v) is 6.86. The van der Waals surface area contributed by atoms with Crippen LogP contribution in [0, 0.1) is 5.82 Å². The maximum atomic E-state index is 13.1. The topological polar surface area (TPSA) is 29.1 Å². The standard InChI is InChI=1S/C18H15F4NOS/c19-13-5-7-16(15(9-13)18(20,21)22)23-17(24)10-25-14-6-4-11-2-1-3-12(11)8-14/h4-9H,1-3,10H2,(H,23,24). The SMILES string of the molecule is O=C(CSc1ccc2c(c1)CCC2)Nc1ccc(F)cc1C(F)(F)F. The number of alkyl halides is 3. The Bertz CT molecular complexity index is 804. The van der Waals surface area contributed by atoms with Gasteiger partial charge in [-0.1, -0.05) is 6.07 Å². The van der Waals surface area contributed by atoms with Crippen molar-refractivity contribution in [3.05, 3.63) is 58.9 Å². The number of benzene rings is 2. The number of hydrogen-bond donors (Lipinski definition) is 1. The quantitative estimate of drug-likeness (QED) is 0.603. The monoisotopic (exact) mass is 369 g/mol. The predicted octanol–water partition coefficient (Wildman–Crippen LogP) is 5.06. The van der Waals surface area contributed by atoms with Crippen molar-refractivity contribution in [2.45, 2.75) is 30.3 Å². The van der Waals surface area contributed by atoms with Crippen LogP contribution in [0.4, 0.5) is 23.2 Å². The van der Waals surface area contributed by atoms with Crippen molar-refractivity contribution < 1.29 is 22.4 Å². The van der Waals surface area contributed by atoms with Crippen LogP contribution in [0.1, 0.15) is 23.1 Å². The lowest BCUT2D eigenvalue weighted by molar-refractivity contribution is -0.137. The van der Waals surface area contributed by atoms with Gasteiger partial charge in [-0.2, -0.15) is 13.2 Å². The zero-order chi connectivity index (χ0) is 18.0. The number of amides is 1. The molecule has 0 radical (unpaired) electrons. The lowest BCUT2D eigenvalue weighted by Gasteiger charge is -2.14. The summed E-state index contributed by atoms with van der Waals surface area (Å²) in [4.78, 5) is 12.9. The summed E-state index contributed by atoms with van der Waals surface area (Å²) in [6.07, 6.45) is -1.54. The molecular weight excluding hydrogens is 354 g/mol. The van der Waals surface area contributed by atoms with E-state index >= 15 is 0 Å². The highest BCUT2D eigenvalue weighted by molar-refractivity contribution is 8.00. The second-order valence-electron chi connectivity index (χ2n) is 5.81. The summed E-state index contributed by atoms with van der Waals surface area (Å²) in [5, 5.41) is 2.22. The summed E-state index contributed by atoms with van der Waals surface area (Å²) in [5.74, 6) is -1.59. The van der Waals surface area contributed by atoms with Crippen molar-refractivity contribution in [3.8, 4) is 0 Å². The number of carbonyl (C=O) groups is 1. The van der Waals surface area contributed by atoms with E-state index in [2.05, 4.69) is 5.32 Å². The summed E-state index contributed by atoms with van der Waals surface area (Å²) in [5.41, 5.74) is 0.954. The highest BCUT2D eigenvalue weighted by Gasteiger charge is 2.34. The van der Waals surface area contributed by atoms with Crippen LogP contribution in [-0.4, -0.2) is 11.7 Å². The lowest BCUT2D eigenvalue weighted by Crippen LogP contribution is -2.18. The first-order chi connectivity index (χ1) is 11.8. The molecule has 2 nitrogen and oxygen atoms in total. The Labute approximate surface area is 146 Å². The van der Waals surface area contributed by atoms with Crippen LogP contribution >= 0.6 is 11.8 Å². The van der Waals surface area contributed by atoms with Gasteiger partial charge in [0.2, 0.25) is 5.91 Å². The van der Waals surface area contributed by atoms with Gasteiger partial charge in [-0.05, 0) is 60.7 Å². The highest BCUT2D eigenvalue weighted by Crippen LogP contribution is 2.35. The second kappa shape index (κ2) is 7.07. The first-order valence-corrected chi connectivity index (χ1v) is 8.73. The minimum absolute atomic E-state index is 0.0204. The van der Waals surface area contributed by atoms with Gasteiger partial charge in [0, 0.05) is 4.90 Å². The third-order valence-corrected chi connectivity index (χ3v) is 4.99.